The molecule has 0 aliphatic carbocycles. The summed E-state index contributed by atoms with van der Waals surface area (Å²) < 4.78 is 25.5. The van der Waals surface area contributed by atoms with Crippen molar-refractivity contribution < 1.29 is 13.5 Å². The summed E-state index contributed by atoms with van der Waals surface area (Å²) in [5.41, 5.74) is 6.26. The van der Waals surface area contributed by atoms with E-state index in [9.17, 15) is 8.42 Å². The molecule has 0 aliphatic heterocycles. The second kappa shape index (κ2) is 5.72. The van der Waals surface area contributed by atoms with E-state index in [2.05, 4.69) is 4.72 Å². The molecule has 1 aromatic rings. The van der Waals surface area contributed by atoms with Crippen molar-refractivity contribution in [1.82, 2.24) is 4.72 Å². The summed E-state index contributed by atoms with van der Waals surface area (Å²) in [6.45, 7) is 1.84. The molecule has 1 atom stereocenters. The lowest BCUT2D eigenvalue weighted by Crippen LogP contribution is -2.18. The second-order valence-corrected chi connectivity index (χ2v) is 6.89. The highest BCUT2D eigenvalue weighted by Crippen LogP contribution is 2.30. The van der Waals surface area contributed by atoms with E-state index in [1.165, 1.54) is 30.9 Å². The molecule has 0 saturated carbocycles. The molecular formula is C10H16N2O3S2. The van der Waals surface area contributed by atoms with Crippen LogP contribution in [0.25, 0.3) is 0 Å². The first kappa shape index (κ1) is 14.3. The molecule has 5 nitrogen and oxygen atoms in total. The molecule has 0 fully saturated rings. The fourth-order valence-corrected chi connectivity index (χ4v) is 2.89. The number of hydrogen-bond donors (Lipinski definition) is 3. The van der Waals surface area contributed by atoms with Gasteiger partial charge < -0.3 is 10.8 Å². The van der Waals surface area contributed by atoms with E-state index in [1.807, 2.05) is 6.92 Å². The van der Waals surface area contributed by atoms with Gasteiger partial charge in [0.2, 0.25) is 10.0 Å². The zero-order chi connectivity index (χ0) is 13.1. The fraction of sp³-hybridized carbons (Fsp3) is 0.400. The molecule has 17 heavy (non-hydrogen) atoms. The molecule has 0 aromatic heterocycles. The van der Waals surface area contributed by atoms with E-state index in [0.29, 0.717) is 10.6 Å². The average molecular weight is 276 g/mol. The van der Waals surface area contributed by atoms with Crippen molar-refractivity contribution in [2.75, 3.05) is 19.4 Å². The first-order chi connectivity index (χ1) is 7.90. The lowest BCUT2D eigenvalue weighted by atomic mass is 10.3. The maximum atomic E-state index is 11.6. The number of nitrogens with two attached hydrogens (primary N) is 1. The molecule has 0 bridgehead atoms. The van der Waals surface area contributed by atoms with Gasteiger partial charge in [-0.3, -0.25) is 0 Å². The molecule has 0 heterocycles. The van der Waals surface area contributed by atoms with Crippen LogP contribution in [-0.4, -0.2) is 32.4 Å². The summed E-state index contributed by atoms with van der Waals surface area (Å²) in [7, 11) is -2.11. The quantitative estimate of drug-likeness (QED) is 0.542. The first-order valence-corrected chi connectivity index (χ1v) is 7.37. The predicted octanol–water partition coefficient (Wildman–Crippen LogP) is 0.650. The highest BCUT2D eigenvalue weighted by Gasteiger charge is 2.14. The minimum Gasteiger partial charge on any atom is -0.398 e. The Hall–Kier alpha value is -0.760. The number of thioether (sulfide) groups is 1. The van der Waals surface area contributed by atoms with Crippen LogP contribution in [0.1, 0.15) is 6.92 Å². The van der Waals surface area contributed by atoms with Crippen molar-refractivity contribution >= 4 is 27.5 Å². The van der Waals surface area contributed by atoms with Crippen molar-refractivity contribution in [3.05, 3.63) is 18.2 Å². The van der Waals surface area contributed by atoms with Crippen LogP contribution in [0.3, 0.4) is 0 Å². The Kier molecular flexibility index (Phi) is 4.81. The van der Waals surface area contributed by atoms with Gasteiger partial charge >= 0.3 is 0 Å². The Morgan fingerprint density at radius 1 is 1.53 bits per heavy atom. The normalized spacial score (nSPS) is 13.6. The minimum absolute atomic E-state index is 0.00706. The second-order valence-electron chi connectivity index (χ2n) is 3.52. The Labute approximate surface area is 105 Å². The zero-order valence-electron chi connectivity index (χ0n) is 9.67. The smallest absolute Gasteiger partial charge is 0.240 e. The highest BCUT2D eigenvalue weighted by atomic mass is 32.2. The van der Waals surface area contributed by atoms with E-state index in [0.717, 1.165) is 0 Å². The number of nitrogen functional groups attached to an aromatic ring is 1. The number of aliphatic hydroxyl groups is 1. The highest BCUT2D eigenvalue weighted by molar-refractivity contribution is 8.00. The topological polar surface area (TPSA) is 92.4 Å². The Balaban J connectivity index is 3.11. The van der Waals surface area contributed by atoms with Crippen molar-refractivity contribution in [2.45, 2.75) is 22.0 Å². The van der Waals surface area contributed by atoms with Gasteiger partial charge in [0.15, 0.2) is 0 Å². The maximum absolute atomic E-state index is 11.6. The van der Waals surface area contributed by atoms with E-state index in [-0.39, 0.29) is 16.8 Å². The van der Waals surface area contributed by atoms with Crippen LogP contribution >= 0.6 is 11.8 Å². The molecule has 0 radical (unpaired) electrons. The summed E-state index contributed by atoms with van der Waals surface area (Å²) in [6, 6.07) is 4.52. The number of nitrogens with one attached hydrogen (secondary N) is 1. The fourth-order valence-electron chi connectivity index (χ4n) is 1.16. The van der Waals surface area contributed by atoms with Gasteiger partial charge in [-0.25, -0.2) is 13.1 Å². The first-order valence-electron chi connectivity index (χ1n) is 5.01. The van der Waals surface area contributed by atoms with Crippen LogP contribution in [0.2, 0.25) is 0 Å². The van der Waals surface area contributed by atoms with E-state index < -0.39 is 10.0 Å². The van der Waals surface area contributed by atoms with Crippen molar-refractivity contribution in [2.24, 2.45) is 0 Å². The van der Waals surface area contributed by atoms with Crippen LogP contribution in [0.15, 0.2) is 28.0 Å². The lowest BCUT2D eigenvalue weighted by Gasteiger charge is -2.11. The molecule has 0 saturated heterocycles. The average Bonchev–Trinajstić information content (AvgIpc) is 2.31. The summed E-state index contributed by atoms with van der Waals surface area (Å²) in [5, 5.41) is 8.93. The SMILES string of the molecule is CNS(=O)(=O)c1ccc(N)c(SC(C)CO)c1. The van der Waals surface area contributed by atoms with E-state index >= 15 is 0 Å². The zero-order valence-corrected chi connectivity index (χ0v) is 11.3. The number of sulfonamides is 1. The van der Waals surface area contributed by atoms with Crippen molar-refractivity contribution in [3.8, 4) is 0 Å². The molecule has 7 heteroatoms. The minimum atomic E-state index is -3.46. The van der Waals surface area contributed by atoms with Gasteiger partial charge in [0, 0.05) is 15.8 Å². The van der Waals surface area contributed by atoms with Gasteiger partial charge in [-0.1, -0.05) is 6.92 Å². The Bertz CT molecular complexity index is 488. The Morgan fingerprint density at radius 3 is 2.71 bits per heavy atom. The maximum Gasteiger partial charge on any atom is 0.240 e. The largest absolute Gasteiger partial charge is 0.398 e. The summed E-state index contributed by atoms with van der Waals surface area (Å²) in [6.07, 6.45) is 0. The van der Waals surface area contributed by atoms with Gasteiger partial charge in [0.1, 0.15) is 0 Å². The van der Waals surface area contributed by atoms with Gasteiger partial charge in [-0.05, 0) is 25.2 Å². The molecule has 1 unspecified atom stereocenters. The standard InChI is InChI=1S/C10H16N2O3S2/c1-7(6-13)16-10-5-8(3-4-9(10)11)17(14,15)12-2/h3-5,7,12-13H,6,11H2,1-2H3. The van der Waals surface area contributed by atoms with Crippen LogP contribution in [0.5, 0.6) is 0 Å². The number of rotatable bonds is 5. The van der Waals surface area contributed by atoms with Crippen LogP contribution in [0, 0.1) is 0 Å². The molecular weight excluding hydrogens is 260 g/mol. The summed E-state index contributed by atoms with van der Waals surface area (Å²) >= 11 is 1.34. The third-order valence-corrected chi connectivity index (χ3v) is 4.72. The van der Waals surface area contributed by atoms with E-state index in [4.69, 9.17) is 10.8 Å². The molecule has 0 spiro atoms. The van der Waals surface area contributed by atoms with Crippen LogP contribution in [-0.2, 0) is 10.0 Å². The number of benzene rings is 1. The summed E-state index contributed by atoms with van der Waals surface area (Å²) in [4.78, 5) is 0.824. The monoisotopic (exact) mass is 276 g/mol. The Morgan fingerprint density at radius 2 is 2.18 bits per heavy atom. The van der Waals surface area contributed by atoms with Crippen LogP contribution < -0.4 is 10.5 Å². The molecule has 4 N–H and O–H groups in total. The van der Waals surface area contributed by atoms with Crippen molar-refractivity contribution in [1.29, 1.82) is 0 Å². The number of hydrogen-bond acceptors (Lipinski definition) is 5. The third kappa shape index (κ3) is 3.60. The van der Waals surface area contributed by atoms with E-state index in [1.54, 1.807) is 6.07 Å². The molecule has 1 aromatic carbocycles. The molecule has 1 rings (SSSR count). The van der Waals surface area contributed by atoms with Gasteiger partial charge in [0.05, 0.1) is 11.5 Å². The lowest BCUT2D eigenvalue weighted by molar-refractivity contribution is 0.300. The third-order valence-electron chi connectivity index (χ3n) is 2.15. The molecule has 0 amide bonds. The predicted molar refractivity (Wildman–Crippen MR) is 69.5 cm³/mol. The number of aliphatic hydroxyl groups excluding tert-OH is 1. The molecule has 0 aliphatic rings. The van der Waals surface area contributed by atoms with Gasteiger partial charge in [-0.15, -0.1) is 11.8 Å². The number of anilines is 1. The van der Waals surface area contributed by atoms with Crippen LogP contribution in [0.4, 0.5) is 5.69 Å². The van der Waals surface area contributed by atoms with Gasteiger partial charge in [0.25, 0.3) is 0 Å². The van der Waals surface area contributed by atoms with Gasteiger partial charge in [-0.2, -0.15) is 0 Å². The van der Waals surface area contributed by atoms with Crippen molar-refractivity contribution in [3.63, 3.8) is 0 Å². The molecule has 96 valence electrons. The summed E-state index contributed by atoms with van der Waals surface area (Å²) in [5.74, 6) is 0.